The van der Waals surface area contributed by atoms with E-state index in [4.69, 9.17) is 4.74 Å². The predicted octanol–water partition coefficient (Wildman–Crippen LogP) is 1.86. The average molecular weight is 382 g/mol. The summed E-state index contributed by atoms with van der Waals surface area (Å²) >= 11 is 0. The number of hydrogen-bond donors (Lipinski definition) is 1. The van der Waals surface area contributed by atoms with Crippen LogP contribution in [0.2, 0.25) is 0 Å². The molecule has 1 aliphatic heterocycles. The molecule has 2 atom stereocenters. The van der Waals surface area contributed by atoms with Crippen LogP contribution in [0.3, 0.4) is 0 Å². The van der Waals surface area contributed by atoms with Gasteiger partial charge < -0.3 is 4.74 Å². The van der Waals surface area contributed by atoms with Crippen molar-refractivity contribution < 1.29 is 17.5 Å². The second-order valence-corrected chi connectivity index (χ2v) is 8.39. The molecule has 0 amide bonds. The highest BCUT2D eigenvalue weighted by atomic mass is 32.2. The maximum absolute atomic E-state index is 13.5. The van der Waals surface area contributed by atoms with E-state index in [0.717, 1.165) is 24.8 Å². The van der Waals surface area contributed by atoms with Crippen LogP contribution in [0.15, 0.2) is 36.7 Å². The van der Waals surface area contributed by atoms with Gasteiger partial charge in [0.05, 0.1) is 30.8 Å². The Morgan fingerprint density at radius 2 is 2.23 bits per heavy atom. The second kappa shape index (κ2) is 7.73. The highest BCUT2D eigenvalue weighted by Gasteiger charge is 2.33. The van der Waals surface area contributed by atoms with E-state index in [1.165, 1.54) is 12.3 Å². The first-order valence-corrected chi connectivity index (χ1v) is 10.2. The molecule has 1 saturated heterocycles. The Labute approximate surface area is 152 Å². The van der Waals surface area contributed by atoms with Gasteiger partial charge in [0, 0.05) is 32.4 Å². The molecule has 142 valence electrons. The summed E-state index contributed by atoms with van der Waals surface area (Å²) in [6, 6.07) is 6.87. The molecule has 3 rings (SSSR count). The number of anilines is 1. The molecule has 7 nitrogen and oxygen atoms in total. The molecule has 26 heavy (non-hydrogen) atoms. The number of halogens is 1. The lowest BCUT2D eigenvalue weighted by Gasteiger charge is -2.23. The maximum atomic E-state index is 13.5. The van der Waals surface area contributed by atoms with E-state index >= 15 is 0 Å². The lowest BCUT2D eigenvalue weighted by Crippen LogP contribution is -2.32. The number of aromatic nitrogens is 2. The van der Waals surface area contributed by atoms with Gasteiger partial charge in [-0.15, -0.1) is 0 Å². The van der Waals surface area contributed by atoms with Gasteiger partial charge in [0.1, 0.15) is 5.82 Å². The summed E-state index contributed by atoms with van der Waals surface area (Å²) in [7, 11) is -1.67. The minimum absolute atomic E-state index is 0.0961. The SMILES string of the molecule is COC[C@@H]1C[C@H](n2cc(NS(C)(=O)=O)cn2)CN1Cc1cccc(F)c1. The molecule has 9 heteroatoms. The summed E-state index contributed by atoms with van der Waals surface area (Å²) in [5.41, 5.74) is 1.35. The summed E-state index contributed by atoms with van der Waals surface area (Å²) in [4.78, 5) is 2.24. The molecular formula is C17H23FN4O3S. The maximum Gasteiger partial charge on any atom is 0.229 e. The summed E-state index contributed by atoms with van der Waals surface area (Å²) in [5, 5.41) is 4.29. The van der Waals surface area contributed by atoms with Crippen molar-refractivity contribution in [3.8, 4) is 0 Å². The molecule has 1 aromatic carbocycles. The number of ether oxygens (including phenoxy) is 1. The lowest BCUT2D eigenvalue weighted by molar-refractivity contribution is 0.112. The molecule has 2 aromatic rings. The van der Waals surface area contributed by atoms with Crippen molar-refractivity contribution in [3.05, 3.63) is 48.0 Å². The largest absolute Gasteiger partial charge is 0.383 e. The van der Waals surface area contributed by atoms with Crippen LogP contribution in [0, 0.1) is 5.82 Å². The molecule has 2 heterocycles. The molecule has 1 N–H and O–H groups in total. The zero-order valence-electron chi connectivity index (χ0n) is 14.8. The fraction of sp³-hybridized carbons (Fsp3) is 0.471. The van der Waals surface area contributed by atoms with Crippen LogP contribution in [0.4, 0.5) is 10.1 Å². The lowest BCUT2D eigenvalue weighted by atomic mass is 10.1. The number of sulfonamides is 1. The standard InChI is InChI=1S/C17H23FN4O3S/c1-25-12-17-7-16(22-10-15(8-19-22)20-26(2,23)24)11-21(17)9-13-4-3-5-14(18)6-13/h3-6,8,10,16-17,20H,7,9,11-12H2,1-2H3/t16-,17-/m0/s1. The first-order valence-electron chi connectivity index (χ1n) is 8.33. The summed E-state index contributed by atoms with van der Waals surface area (Å²) < 4.78 is 45.7. The third-order valence-corrected chi connectivity index (χ3v) is 5.02. The summed E-state index contributed by atoms with van der Waals surface area (Å²) in [5.74, 6) is -0.245. The van der Waals surface area contributed by atoms with Crippen molar-refractivity contribution in [2.75, 3.05) is 31.2 Å². The number of nitrogens with zero attached hydrogens (tertiary/aromatic N) is 3. The van der Waals surface area contributed by atoms with Crippen molar-refractivity contribution in [3.63, 3.8) is 0 Å². The van der Waals surface area contributed by atoms with Gasteiger partial charge in [-0.25, -0.2) is 12.8 Å². The third-order valence-electron chi connectivity index (χ3n) is 4.42. The average Bonchev–Trinajstić information content (AvgIpc) is 3.14. The van der Waals surface area contributed by atoms with E-state index in [-0.39, 0.29) is 17.9 Å². The highest BCUT2D eigenvalue weighted by molar-refractivity contribution is 7.92. The minimum atomic E-state index is -3.33. The van der Waals surface area contributed by atoms with Gasteiger partial charge in [-0.3, -0.25) is 14.3 Å². The van der Waals surface area contributed by atoms with E-state index < -0.39 is 10.0 Å². The molecule has 1 fully saturated rings. The Balaban J connectivity index is 1.72. The van der Waals surface area contributed by atoms with Crippen molar-refractivity contribution in [1.29, 1.82) is 0 Å². The molecule has 1 aromatic heterocycles. The Morgan fingerprint density at radius 1 is 1.42 bits per heavy atom. The predicted molar refractivity (Wildman–Crippen MR) is 96.8 cm³/mol. The normalized spacial score (nSPS) is 21.2. The number of likely N-dealkylation sites (tertiary alicyclic amines) is 1. The summed E-state index contributed by atoms with van der Waals surface area (Å²) in [6.07, 6.45) is 5.13. The van der Waals surface area contributed by atoms with E-state index in [1.807, 2.05) is 6.07 Å². The third kappa shape index (κ3) is 4.80. The molecule has 0 spiro atoms. The highest BCUT2D eigenvalue weighted by Crippen LogP contribution is 2.29. The fourth-order valence-electron chi connectivity index (χ4n) is 3.38. The monoisotopic (exact) mass is 382 g/mol. The van der Waals surface area contributed by atoms with E-state index in [1.54, 1.807) is 30.1 Å². The van der Waals surface area contributed by atoms with Crippen LogP contribution in [0.1, 0.15) is 18.0 Å². The van der Waals surface area contributed by atoms with E-state index in [9.17, 15) is 12.8 Å². The Hall–Kier alpha value is -1.97. The van der Waals surface area contributed by atoms with Gasteiger partial charge in [0.25, 0.3) is 0 Å². The van der Waals surface area contributed by atoms with Gasteiger partial charge in [-0.2, -0.15) is 5.10 Å². The van der Waals surface area contributed by atoms with Crippen LogP contribution in [-0.4, -0.2) is 55.7 Å². The fourth-order valence-corrected chi connectivity index (χ4v) is 3.92. The molecule has 0 bridgehead atoms. The zero-order chi connectivity index (χ0) is 18.7. The second-order valence-electron chi connectivity index (χ2n) is 6.64. The van der Waals surface area contributed by atoms with E-state index in [2.05, 4.69) is 14.7 Å². The Kier molecular flexibility index (Phi) is 5.59. The van der Waals surface area contributed by atoms with Crippen molar-refractivity contribution >= 4 is 15.7 Å². The van der Waals surface area contributed by atoms with Crippen LogP contribution >= 0.6 is 0 Å². The molecule has 0 unspecified atom stereocenters. The quantitative estimate of drug-likeness (QED) is 0.791. The number of rotatable bonds is 7. The zero-order valence-corrected chi connectivity index (χ0v) is 15.6. The number of nitrogens with one attached hydrogen (secondary N) is 1. The van der Waals surface area contributed by atoms with Crippen molar-refractivity contribution in [2.45, 2.75) is 25.0 Å². The van der Waals surface area contributed by atoms with Gasteiger partial charge in [-0.1, -0.05) is 12.1 Å². The van der Waals surface area contributed by atoms with Crippen LogP contribution < -0.4 is 4.72 Å². The number of methoxy groups -OCH3 is 1. The molecular weight excluding hydrogens is 359 g/mol. The van der Waals surface area contributed by atoms with Crippen molar-refractivity contribution in [2.24, 2.45) is 0 Å². The molecule has 0 aliphatic carbocycles. The summed E-state index contributed by atoms with van der Waals surface area (Å²) in [6.45, 7) is 1.92. The van der Waals surface area contributed by atoms with Gasteiger partial charge in [0.15, 0.2) is 0 Å². The Morgan fingerprint density at radius 3 is 2.92 bits per heavy atom. The number of benzene rings is 1. The van der Waals surface area contributed by atoms with Crippen LogP contribution in [0.25, 0.3) is 0 Å². The first kappa shape index (κ1) is 18.8. The molecule has 0 radical (unpaired) electrons. The minimum Gasteiger partial charge on any atom is -0.383 e. The van der Waals surface area contributed by atoms with Gasteiger partial charge in [0.2, 0.25) is 10.0 Å². The molecule has 1 aliphatic rings. The molecule has 0 saturated carbocycles. The van der Waals surface area contributed by atoms with Gasteiger partial charge >= 0.3 is 0 Å². The van der Waals surface area contributed by atoms with E-state index in [0.29, 0.717) is 18.8 Å². The smallest absolute Gasteiger partial charge is 0.229 e. The topological polar surface area (TPSA) is 76.5 Å². The van der Waals surface area contributed by atoms with Crippen molar-refractivity contribution in [1.82, 2.24) is 14.7 Å². The number of hydrogen-bond acceptors (Lipinski definition) is 5. The van der Waals surface area contributed by atoms with Crippen LogP contribution in [-0.2, 0) is 21.3 Å². The van der Waals surface area contributed by atoms with Crippen LogP contribution in [0.5, 0.6) is 0 Å². The van der Waals surface area contributed by atoms with Gasteiger partial charge in [-0.05, 0) is 24.1 Å². The Bertz CT molecular complexity index is 855. The first-order chi connectivity index (χ1) is 12.3.